The number of fused-ring (bicyclic) bond motifs is 1. The molecule has 0 aromatic carbocycles. The molecule has 0 aliphatic heterocycles. The Morgan fingerprint density at radius 3 is 2.71 bits per heavy atom. The molecule has 1 nitrogen and oxygen atoms in total. The van der Waals surface area contributed by atoms with Gasteiger partial charge in [-0.25, -0.2) is 0 Å². The third kappa shape index (κ3) is 2.66. The van der Waals surface area contributed by atoms with Crippen molar-refractivity contribution in [1.29, 1.82) is 0 Å². The fourth-order valence-corrected chi connectivity index (χ4v) is 4.49. The van der Waals surface area contributed by atoms with Crippen LogP contribution in [0.25, 0.3) is 0 Å². The Kier molecular flexibility index (Phi) is 3.54. The Labute approximate surface area is 110 Å². The number of rotatable bonds is 2. The van der Waals surface area contributed by atoms with E-state index in [1.165, 1.54) is 29.7 Å². The summed E-state index contributed by atoms with van der Waals surface area (Å²) >= 11 is 1.88. The fourth-order valence-electron chi connectivity index (χ4n) is 2.09. The first-order valence-corrected chi connectivity index (χ1v) is 10.3. The average molecular weight is 268 g/mol. The lowest BCUT2D eigenvalue weighted by molar-refractivity contribution is 0.167. The van der Waals surface area contributed by atoms with Crippen LogP contribution in [-0.4, -0.2) is 8.32 Å². The van der Waals surface area contributed by atoms with Crippen LogP contribution in [0.2, 0.25) is 18.1 Å². The van der Waals surface area contributed by atoms with Gasteiger partial charge in [0.2, 0.25) is 0 Å². The lowest BCUT2D eigenvalue weighted by atomic mass is 9.97. The van der Waals surface area contributed by atoms with E-state index >= 15 is 0 Å². The van der Waals surface area contributed by atoms with E-state index in [0.717, 1.165) is 0 Å². The molecular weight excluding hydrogens is 244 g/mol. The van der Waals surface area contributed by atoms with Gasteiger partial charge in [-0.1, -0.05) is 20.8 Å². The summed E-state index contributed by atoms with van der Waals surface area (Å²) in [5.74, 6) is 0. The van der Waals surface area contributed by atoms with Gasteiger partial charge >= 0.3 is 0 Å². The zero-order chi connectivity index (χ0) is 12.7. The van der Waals surface area contributed by atoms with Crippen LogP contribution < -0.4 is 0 Å². The van der Waals surface area contributed by atoms with E-state index in [1.54, 1.807) is 0 Å². The first-order valence-electron chi connectivity index (χ1n) is 6.55. The quantitative estimate of drug-likeness (QED) is 0.674. The van der Waals surface area contributed by atoms with Crippen molar-refractivity contribution in [2.45, 2.75) is 64.3 Å². The van der Waals surface area contributed by atoms with Crippen molar-refractivity contribution in [3.63, 3.8) is 0 Å². The van der Waals surface area contributed by atoms with Crippen molar-refractivity contribution in [2.75, 3.05) is 0 Å². The molecule has 3 heteroatoms. The molecule has 0 radical (unpaired) electrons. The predicted molar refractivity (Wildman–Crippen MR) is 78.3 cm³/mol. The van der Waals surface area contributed by atoms with Gasteiger partial charge in [0.15, 0.2) is 8.32 Å². The van der Waals surface area contributed by atoms with Crippen LogP contribution in [0.5, 0.6) is 0 Å². The molecule has 0 saturated heterocycles. The largest absolute Gasteiger partial charge is 0.409 e. The average Bonchev–Trinajstić information content (AvgIpc) is 2.64. The second-order valence-electron chi connectivity index (χ2n) is 6.57. The summed E-state index contributed by atoms with van der Waals surface area (Å²) in [6.07, 6.45) is 4.11. The number of hydrogen-bond acceptors (Lipinski definition) is 2. The lowest BCUT2D eigenvalue weighted by Gasteiger charge is -2.40. The molecule has 1 atom stereocenters. The van der Waals surface area contributed by atoms with Gasteiger partial charge in [0, 0.05) is 4.88 Å². The summed E-state index contributed by atoms with van der Waals surface area (Å²) < 4.78 is 6.58. The maximum absolute atomic E-state index is 6.58. The first kappa shape index (κ1) is 13.3. The zero-order valence-corrected chi connectivity index (χ0v) is 13.5. The standard InChI is InChI=1S/C14H24OSSi/c1-14(2,3)17(4,5)15-12-8-6-7-11-9-10-16-13(11)12/h9-10,12H,6-8H2,1-5H3. The van der Waals surface area contributed by atoms with Gasteiger partial charge in [-0.05, 0) is 54.4 Å². The van der Waals surface area contributed by atoms with Crippen molar-refractivity contribution in [1.82, 2.24) is 0 Å². The summed E-state index contributed by atoms with van der Waals surface area (Å²) in [4.78, 5) is 1.50. The van der Waals surface area contributed by atoms with E-state index in [2.05, 4.69) is 45.3 Å². The van der Waals surface area contributed by atoms with Crippen LogP contribution in [0.4, 0.5) is 0 Å². The van der Waals surface area contributed by atoms with Crippen molar-refractivity contribution in [3.05, 3.63) is 21.9 Å². The molecule has 1 unspecified atom stereocenters. The second-order valence-corrected chi connectivity index (χ2v) is 12.3. The maximum Gasteiger partial charge on any atom is 0.192 e. The Bertz CT molecular complexity index is 389. The highest BCUT2D eigenvalue weighted by atomic mass is 32.1. The van der Waals surface area contributed by atoms with E-state index in [4.69, 9.17) is 4.43 Å². The normalized spacial score (nSPS) is 21.4. The highest BCUT2D eigenvalue weighted by molar-refractivity contribution is 7.10. The molecule has 17 heavy (non-hydrogen) atoms. The smallest absolute Gasteiger partial charge is 0.192 e. The molecule has 0 fully saturated rings. The van der Waals surface area contributed by atoms with E-state index in [9.17, 15) is 0 Å². The van der Waals surface area contributed by atoms with Gasteiger partial charge in [0.05, 0.1) is 6.10 Å². The Balaban J connectivity index is 2.17. The van der Waals surface area contributed by atoms with Gasteiger partial charge in [0.1, 0.15) is 0 Å². The molecule has 0 spiro atoms. The molecule has 2 rings (SSSR count). The maximum atomic E-state index is 6.58. The number of aryl methyl sites for hydroxylation is 1. The SMILES string of the molecule is CC(C)(C)[Si](C)(C)OC1CCCc2ccsc21. The highest BCUT2D eigenvalue weighted by Gasteiger charge is 2.40. The summed E-state index contributed by atoms with van der Waals surface area (Å²) in [7, 11) is -1.63. The van der Waals surface area contributed by atoms with Crippen LogP contribution in [0, 0.1) is 0 Å². The van der Waals surface area contributed by atoms with E-state index < -0.39 is 8.32 Å². The zero-order valence-electron chi connectivity index (χ0n) is 11.7. The molecule has 1 aliphatic carbocycles. The monoisotopic (exact) mass is 268 g/mol. The molecule has 1 aliphatic rings. The Morgan fingerprint density at radius 2 is 2.06 bits per heavy atom. The molecular formula is C14H24OSSi. The van der Waals surface area contributed by atoms with Gasteiger partial charge < -0.3 is 4.43 Å². The number of thiophene rings is 1. The predicted octanol–water partition coefficient (Wildman–Crippen LogP) is 5.15. The van der Waals surface area contributed by atoms with Crippen molar-refractivity contribution >= 4 is 19.7 Å². The summed E-state index contributed by atoms with van der Waals surface area (Å²) in [5.41, 5.74) is 1.53. The number of hydrogen-bond donors (Lipinski definition) is 0. The van der Waals surface area contributed by atoms with Crippen LogP contribution in [-0.2, 0) is 10.8 Å². The van der Waals surface area contributed by atoms with Crippen molar-refractivity contribution in [2.24, 2.45) is 0 Å². The van der Waals surface area contributed by atoms with E-state index in [1.807, 2.05) is 11.3 Å². The summed E-state index contributed by atoms with van der Waals surface area (Å²) in [6, 6.07) is 2.28. The molecule has 0 amide bonds. The van der Waals surface area contributed by atoms with Crippen LogP contribution in [0.3, 0.4) is 0 Å². The Hall–Kier alpha value is -0.123. The van der Waals surface area contributed by atoms with Crippen molar-refractivity contribution < 1.29 is 4.43 Å². The molecule has 0 N–H and O–H groups in total. The third-order valence-electron chi connectivity index (χ3n) is 4.23. The minimum Gasteiger partial charge on any atom is -0.409 e. The van der Waals surface area contributed by atoms with Crippen LogP contribution in [0.1, 0.15) is 50.2 Å². The summed E-state index contributed by atoms with van der Waals surface area (Å²) in [6.45, 7) is 11.7. The molecule has 1 aromatic rings. The van der Waals surface area contributed by atoms with Gasteiger partial charge in [-0.2, -0.15) is 0 Å². The molecule has 1 heterocycles. The minimum atomic E-state index is -1.63. The second kappa shape index (κ2) is 4.52. The van der Waals surface area contributed by atoms with Crippen LogP contribution >= 0.6 is 11.3 Å². The fraction of sp³-hybridized carbons (Fsp3) is 0.714. The van der Waals surface area contributed by atoms with E-state index in [0.29, 0.717) is 11.1 Å². The Morgan fingerprint density at radius 1 is 1.35 bits per heavy atom. The van der Waals surface area contributed by atoms with Gasteiger partial charge in [-0.15, -0.1) is 11.3 Å². The first-order chi connectivity index (χ1) is 7.81. The lowest BCUT2D eigenvalue weighted by Crippen LogP contribution is -2.42. The molecule has 0 bridgehead atoms. The van der Waals surface area contributed by atoms with Crippen molar-refractivity contribution in [3.8, 4) is 0 Å². The van der Waals surface area contributed by atoms with Gasteiger partial charge in [-0.3, -0.25) is 0 Å². The highest BCUT2D eigenvalue weighted by Crippen LogP contribution is 2.44. The van der Waals surface area contributed by atoms with Gasteiger partial charge in [0.25, 0.3) is 0 Å². The minimum absolute atomic E-state index is 0.307. The topological polar surface area (TPSA) is 9.23 Å². The molecule has 96 valence electrons. The molecule has 1 aromatic heterocycles. The molecule has 0 saturated carbocycles. The third-order valence-corrected chi connectivity index (χ3v) is 9.77. The van der Waals surface area contributed by atoms with Crippen LogP contribution in [0.15, 0.2) is 11.4 Å². The van der Waals surface area contributed by atoms with E-state index in [-0.39, 0.29) is 0 Å². The summed E-state index contributed by atoms with van der Waals surface area (Å²) in [5, 5.41) is 2.53.